The van der Waals surface area contributed by atoms with Crippen LogP contribution < -0.4 is 5.32 Å². The maximum Gasteiger partial charge on any atom is 0.257 e. The molecule has 0 aliphatic carbocycles. The molecule has 3 aromatic carbocycles. The predicted octanol–water partition coefficient (Wildman–Crippen LogP) is 5.93. The third-order valence-electron chi connectivity index (χ3n) is 4.48. The summed E-state index contributed by atoms with van der Waals surface area (Å²) < 4.78 is 0. The highest BCUT2D eigenvalue weighted by Crippen LogP contribution is 2.39. The van der Waals surface area contributed by atoms with Crippen LogP contribution in [0.25, 0.3) is 21.7 Å². The van der Waals surface area contributed by atoms with Crippen molar-refractivity contribution in [1.82, 2.24) is 4.98 Å². The first-order valence-electron chi connectivity index (χ1n) is 9.16. The van der Waals surface area contributed by atoms with E-state index in [0.717, 1.165) is 21.7 Å². The van der Waals surface area contributed by atoms with Gasteiger partial charge in [0.05, 0.1) is 10.6 Å². The fourth-order valence-electron chi connectivity index (χ4n) is 2.98. The number of rotatable bonds is 5. The van der Waals surface area contributed by atoms with Crippen LogP contribution in [-0.2, 0) is 0 Å². The molecule has 0 spiro atoms. The number of nitrogens with one attached hydrogen (secondary N) is 1. The molecule has 0 aliphatic rings. The number of amides is 1. The van der Waals surface area contributed by atoms with Crippen molar-refractivity contribution < 1.29 is 9.59 Å². The van der Waals surface area contributed by atoms with Gasteiger partial charge in [-0.1, -0.05) is 84.1 Å². The van der Waals surface area contributed by atoms with Gasteiger partial charge in [-0.25, -0.2) is 4.98 Å². The summed E-state index contributed by atoms with van der Waals surface area (Å²) in [5.74, 6) is -0.287. The van der Waals surface area contributed by atoms with Gasteiger partial charge in [0.1, 0.15) is 0 Å². The maximum atomic E-state index is 12.7. The SMILES string of the molecule is CC(=O)c1ccc(C(=O)Nc2nc(-c3ccccc3)c(-c3ccccc3)s2)cc1. The van der Waals surface area contributed by atoms with Crippen LogP contribution in [0.2, 0.25) is 0 Å². The van der Waals surface area contributed by atoms with Crippen LogP contribution in [0, 0.1) is 0 Å². The van der Waals surface area contributed by atoms with Gasteiger partial charge in [0, 0.05) is 16.7 Å². The Balaban J connectivity index is 1.67. The number of nitrogens with zero attached hydrogens (tertiary/aromatic N) is 1. The van der Waals surface area contributed by atoms with Gasteiger partial charge in [-0.15, -0.1) is 0 Å². The Labute approximate surface area is 172 Å². The lowest BCUT2D eigenvalue weighted by Gasteiger charge is -2.02. The summed E-state index contributed by atoms with van der Waals surface area (Å²) in [7, 11) is 0. The van der Waals surface area contributed by atoms with E-state index in [9.17, 15) is 9.59 Å². The van der Waals surface area contributed by atoms with Crippen LogP contribution in [0.3, 0.4) is 0 Å². The molecule has 0 atom stereocenters. The van der Waals surface area contributed by atoms with E-state index in [-0.39, 0.29) is 11.7 Å². The smallest absolute Gasteiger partial charge is 0.257 e. The fourth-order valence-corrected chi connectivity index (χ4v) is 3.96. The molecule has 1 N–H and O–H groups in total. The van der Waals surface area contributed by atoms with Crippen LogP contribution in [0.15, 0.2) is 84.9 Å². The number of aromatic nitrogens is 1. The van der Waals surface area contributed by atoms with E-state index in [1.807, 2.05) is 60.7 Å². The number of Topliss-reactive ketones (excluding diaryl/α,β-unsaturated/α-hetero) is 1. The summed E-state index contributed by atoms with van der Waals surface area (Å²) in [5.41, 5.74) is 3.94. The summed E-state index contributed by atoms with van der Waals surface area (Å²) in [6.45, 7) is 1.50. The number of ketones is 1. The molecule has 0 bridgehead atoms. The Hall–Kier alpha value is -3.57. The van der Waals surface area contributed by atoms with Crippen molar-refractivity contribution in [2.75, 3.05) is 5.32 Å². The summed E-state index contributed by atoms with van der Waals surface area (Å²) in [5, 5.41) is 3.42. The highest BCUT2D eigenvalue weighted by atomic mass is 32.1. The average molecular weight is 398 g/mol. The number of hydrogen-bond acceptors (Lipinski definition) is 4. The van der Waals surface area contributed by atoms with Gasteiger partial charge >= 0.3 is 0 Å². The van der Waals surface area contributed by atoms with Gasteiger partial charge < -0.3 is 0 Å². The zero-order valence-corrected chi connectivity index (χ0v) is 16.6. The van der Waals surface area contributed by atoms with Crippen LogP contribution >= 0.6 is 11.3 Å². The maximum absolute atomic E-state index is 12.7. The van der Waals surface area contributed by atoms with Crippen LogP contribution in [0.4, 0.5) is 5.13 Å². The summed E-state index contributed by atoms with van der Waals surface area (Å²) in [6.07, 6.45) is 0. The first kappa shape index (κ1) is 18.8. The monoisotopic (exact) mass is 398 g/mol. The van der Waals surface area contributed by atoms with Gasteiger partial charge in [0.15, 0.2) is 10.9 Å². The van der Waals surface area contributed by atoms with E-state index >= 15 is 0 Å². The van der Waals surface area contributed by atoms with Crippen molar-refractivity contribution in [2.45, 2.75) is 6.92 Å². The highest BCUT2D eigenvalue weighted by molar-refractivity contribution is 7.19. The van der Waals surface area contributed by atoms with E-state index in [1.165, 1.54) is 18.3 Å². The van der Waals surface area contributed by atoms with E-state index < -0.39 is 0 Å². The van der Waals surface area contributed by atoms with Crippen molar-refractivity contribution >= 4 is 28.2 Å². The van der Waals surface area contributed by atoms with E-state index in [4.69, 9.17) is 4.98 Å². The minimum absolute atomic E-state index is 0.0307. The highest BCUT2D eigenvalue weighted by Gasteiger charge is 2.17. The lowest BCUT2D eigenvalue weighted by atomic mass is 10.1. The second-order valence-corrected chi connectivity index (χ2v) is 7.52. The molecule has 0 fully saturated rings. The Morgan fingerprint density at radius 3 is 1.90 bits per heavy atom. The topological polar surface area (TPSA) is 59.1 Å². The zero-order valence-electron chi connectivity index (χ0n) is 15.8. The second-order valence-electron chi connectivity index (χ2n) is 6.52. The van der Waals surface area contributed by atoms with Crippen molar-refractivity contribution in [2.24, 2.45) is 0 Å². The first-order valence-corrected chi connectivity index (χ1v) is 9.97. The fraction of sp³-hybridized carbons (Fsp3) is 0.0417. The van der Waals surface area contributed by atoms with Crippen molar-refractivity contribution in [3.8, 4) is 21.7 Å². The number of anilines is 1. The standard InChI is InChI=1S/C24H18N2O2S/c1-16(27)17-12-14-20(15-13-17)23(28)26-24-25-21(18-8-4-2-5-9-18)22(29-24)19-10-6-3-7-11-19/h2-15H,1H3,(H,25,26,28). The molecule has 0 saturated carbocycles. The van der Waals surface area contributed by atoms with E-state index in [0.29, 0.717) is 16.3 Å². The lowest BCUT2D eigenvalue weighted by molar-refractivity contribution is 0.100. The molecular weight excluding hydrogens is 380 g/mol. The zero-order chi connectivity index (χ0) is 20.2. The first-order chi connectivity index (χ1) is 14.1. The Bertz CT molecular complexity index is 1090. The molecule has 142 valence electrons. The van der Waals surface area contributed by atoms with Crippen molar-refractivity contribution in [1.29, 1.82) is 0 Å². The molecule has 4 aromatic rings. The quantitative estimate of drug-likeness (QED) is 0.424. The summed E-state index contributed by atoms with van der Waals surface area (Å²) >= 11 is 1.44. The Morgan fingerprint density at radius 1 is 0.759 bits per heavy atom. The number of thiazole rings is 1. The molecule has 1 aromatic heterocycles. The number of benzene rings is 3. The van der Waals surface area contributed by atoms with Crippen molar-refractivity contribution in [3.05, 3.63) is 96.1 Å². The molecule has 0 aliphatic heterocycles. The second kappa shape index (κ2) is 8.20. The van der Waals surface area contributed by atoms with Crippen LogP contribution in [0.5, 0.6) is 0 Å². The van der Waals surface area contributed by atoms with E-state index in [2.05, 4.69) is 5.32 Å². The number of hydrogen-bond donors (Lipinski definition) is 1. The molecule has 5 heteroatoms. The van der Waals surface area contributed by atoms with E-state index in [1.54, 1.807) is 24.3 Å². The van der Waals surface area contributed by atoms with Gasteiger partial charge in [-0.2, -0.15) is 0 Å². The predicted molar refractivity (Wildman–Crippen MR) is 117 cm³/mol. The Morgan fingerprint density at radius 2 is 1.31 bits per heavy atom. The van der Waals surface area contributed by atoms with Crippen LogP contribution in [-0.4, -0.2) is 16.7 Å². The molecular formula is C24H18N2O2S. The van der Waals surface area contributed by atoms with Gasteiger partial charge in [-0.05, 0) is 24.6 Å². The molecule has 4 rings (SSSR count). The molecule has 29 heavy (non-hydrogen) atoms. The average Bonchev–Trinajstić information content (AvgIpc) is 3.19. The molecule has 1 amide bonds. The minimum Gasteiger partial charge on any atom is -0.298 e. The van der Waals surface area contributed by atoms with Crippen LogP contribution in [0.1, 0.15) is 27.6 Å². The minimum atomic E-state index is -0.256. The normalized spacial score (nSPS) is 10.5. The van der Waals surface area contributed by atoms with Gasteiger partial charge in [0.25, 0.3) is 5.91 Å². The summed E-state index contributed by atoms with van der Waals surface area (Å²) in [6, 6.07) is 26.5. The van der Waals surface area contributed by atoms with Gasteiger partial charge in [-0.3, -0.25) is 14.9 Å². The molecule has 1 heterocycles. The number of carbonyl (C=O) groups is 2. The lowest BCUT2D eigenvalue weighted by Crippen LogP contribution is -2.11. The molecule has 4 nitrogen and oxygen atoms in total. The third-order valence-corrected chi connectivity index (χ3v) is 5.50. The summed E-state index contributed by atoms with van der Waals surface area (Å²) in [4.78, 5) is 29.8. The van der Waals surface area contributed by atoms with Crippen molar-refractivity contribution in [3.63, 3.8) is 0 Å². The molecule has 0 saturated heterocycles. The molecule has 0 unspecified atom stereocenters. The van der Waals surface area contributed by atoms with Gasteiger partial charge in [0.2, 0.25) is 0 Å². The molecule has 0 radical (unpaired) electrons. The third kappa shape index (κ3) is 4.15. The number of carbonyl (C=O) groups excluding carboxylic acids is 2. The largest absolute Gasteiger partial charge is 0.298 e. The Kier molecular flexibility index (Phi) is 5.31.